The Morgan fingerprint density at radius 3 is 2.30 bits per heavy atom. The number of nitriles is 1. The second-order valence-electron chi connectivity index (χ2n) is 5.11. The van der Waals surface area contributed by atoms with Crippen molar-refractivity contribution in [2.75, 3.05) is 7.11 Å². The fraction of sp³-hybridized carbons (Fsp3) is 0.278. The number of hydrogen-bond acceptors (Lipinski definition) is 2. The molecule has 0 amide bonds. The van der Waals surface area contributed by atoms with E-state index < -0.39 is 0 Å². The standard InChI is InChI=1S/C18H19NO/c1-13-4-7-15(8-5-13)17(12-19)11-16-10-14(2)6-9-18(16)20-3/h4-10,17H,11H2,1-3H3. The van der Waals surface area contributed by atoms with E-state index in [9.17, 15) is 5.26 Å². The Hall–Kier alpha value is -2.27. The molecule has 2 nitrogen and oxygen atoms in total. The zero-order chi connectivity index (χ0) is 14.5. The summed E-state index contributed by atoms with van der Waals surface area (Å²) in [5.41, 5.74) is 4.53. The first-order valence-corrected chi connectivity index (χ1v) is 6.73. The van der Waals surface area contributed by atoms with Crippen LogP contribution in [0.25, 0.3) is 0 Å². The number of rotatable bonds is 4. The van der Waals surface area contributed by atoms with E-state index in [1.807, 2.05) is 36.4 Å². The maximum atomic E-state index is 9.45. The number of benzene rings is 2. The SMILES string of the molecule is COc1ccc(C)cc1CC(C#N)c1ccc(C)cc1. The van der Waals surface area contributed by atoms with Gasteiger partial charge in [-0.05, 0) is 37.5 Å². The molecule has 0 aliphatic carbocycles. The Morgan fingerprint density at radius 1 is 1.05 bits per heavy atom. The zero-order valence-electron chi connectivity index (χ0n) is 12.2. The molecule has 2 rings (SSSR count). The van der Waals surface area contributed by atoms with Crippen molar-refractivity contribution in [2.45, 2.75) is 26.2 Å². The molecule has 2 aromatic rings. The van der Waals surface area contributed by atoms with Crippen LogP contribution in [-0.2, 0) is 6.42 Å². The van der Waals surface area contributed by atoms with Crippen molar-refractivity contribution in [2.24, 2.45) is 0 Å². The summed E-state index contributed by atoms with van der Waals surface area (Å²) < 4.78 is 5.39. The summed E-state index contributed by atoms with van der Waals surface area (Å²) in [5.74, 6) is 0.703. The summed E-state index contributed by atoms with van der Waals surface area (Å²) in [7, 11) is 1.67. The zero-order valence-corrected chi connectivity index (χ0v) is 12.2. The lowest BCUT2D eigenvalue weighted by Gasteiger charge is -2.13. The molecule has 0 aliphatic rings. The third-order valence-corrected chi connectivity index (χ3v) is 3.50. The lowest BCUT2D eigenvalue weighted by atomic mass is 9.92. The van der Waals surface area contributed by atoms with Gasteiger partial charge in [-0.15, -0.1) is 0 Å². The Balaban J connectivity index is 2.29. The first-order valence-electron chi connectivity index (χ1n) is 6.73. The maximum absolute atomic E-state index is 9.45. The van der Waals surface area contributed by atoms with E-state index >= 15 is 0 Å². The lowest BCUT2D eigenvalue weighted by Crippen LogP contribution is -2.03. The Labute approximate surface area is 120 Å². The molecule has 0 aromatic heterocycles. The predicted octanol–water partition coefficient (Wildman–Crippen LogP) is 4.16. The van der Waals surface area contributed by atoms with Gasteiger partial charge in [0.2, 0.25) is 0 Å². The first-order chi connectivity index (χ1) is 9.63. The van der Waals surface area contributed by atoms with Crippen LogP contribution >= 0.6 is 0 Å². The normalized spacial score (nSPS) is 11.7. The molecule has 2 heteroatoms. The quantitative estimate of drug-likeness (QED) is 0.831. The third-order valence-electron chi connectivity index (χ3n) is 3.50. The average Bonchev–Trinajstić information content (AvgIpc) is 2.46. The number of ether oxygens (including phenoxy) is 1. The van der Waals surface area contributed by atoms with Crippen LogP contribution in [0.15, 0.2) is 42.5 Å². The van der Waals surface area contributed by atoms with Gasteiger partial charge in [0.05, 0.1) is 19.1 Å². The molecule has 0 bridgehead atoms. The van der Waals surface area contributed by atoms with Gasteiger partial charge in [-0.3, -0.25) is 0 Å². The van der Waals surface area contributed by atoms with Gasteiger partial charge in [-0.25, -0.2) is 0 Å². The summed E-state index contributed by atoms with van der Waals surface area (Å²) in [6.45, 7) is 4.10. The van der Waals surface area contributed by atoms with E-state index in [-0.39, 0.29) is 5.92 Å². The Morgan fingerprint density at radius 2 is 1.70 bits per heavy atom. The van der Waals surface area contributed by atoms with Gasteiger partial charge in [-0.1, -0.05) is 47.5 Å². The topological polar surface area (TPSA) is 33.0 Å². The summed E-state index contributed by atoms with van der Waals surface area (Å²) in [4.78, 5) is 0. The molecule has 0 spiro atoms. The van der Waals surface area contributed by atoms with Gasteiger partial charge in [0.25, 0.3) is 0 Å². The number of nitrogens with zero attached hydrogens (tertiary/aromatic N) is 1. The predicted molar refractivity (Wildman–Crippen MR) is 81.0 cm³/mol. The van der Waals surface area contributed by atoms with Crippen molar-refractivity contribution < 1.29 is 4.74 Å². The van der Waals surface area contributed by atoms with Crippen LogP contribution in [0.4, 0.5) is 0 Å². The third kappa shape index (κ3) is 3.19. The molecule has 0 heterocycles. The van der Waals surface area contributed by atoms with E-state index in [4.69, 9.17) is 4.74 Å². The van der Waals surface area contributed by atoms with Gasteiger partial charge in [0.1, 0.15) is 5.75 Å². The van der Waals surface area contributed by atoms with Crippen LogP contribution in [0.1, 0.15) is 28.2 Å². The highest BCUT2D eigenvalue weighted by molar-refractivity contribution is 5.40. The van der Waals surface area contributed by atoms with E-state index in [1.54, 1.807) is 7.11 Å². The van der Waals surface area contributed by atoms with Crippen LogP contribution in [0.5, 0.6) is 5.75 Å². The van der Waals surface area contributed by atoms with Crippen molar-refractivity contribution in [3.8, 4) is 11.8 Å². The molecule has 0 fully saturated rings. The molecule has 0 aliphatic heterocycles. The summed E-state index contributed by atoms with van der Waals surface area (Å²) in [5, 5.41) is 9.45. The van der Waals surface area contributed by atoms with Crippen molar-refractivity contribution in [1.29, 1.82) is 5.26 Å². The minimum absolute atomic E-state index is 0.147. The first kappa shape index (κ1) is 14.1. The minimum Gasteiger partial charge on any atom is -0.496 e. The van der Waals surface area contributed by atoms with Crippen molar-refractivity contribution >= 4 is 0 Å². The molecule has 20 heavy (non-hydrogen) atoms. The van der Waals surface area contributed by atoms with Crippen LogP contribution in [0.2, 0.25) is 0 Å². The highest BCUT2D eigenvalue weighted by atomic mass is 16.5. The second-order valence-corrected chi connectivity index (χ2v) is 5.11. The van der Waals surface area contributed by atoms with Crippen molar-refractivity contribution in [1.82, 2.24) is 0 Å². The van der Waals surface area contributed by atoms with Crippen LogP contribution < -0.4 is 4.74 Å². The largest absolute Gasteiger partial charge is 0.496 e. The number of aryl methyl sites for hydroxylation is 2. The molecule has 2 aromatic carbocycles. The average molecular weight is 265 g/mol. The molecule has 0 radical (unpaired) electrons. The van der Waals surface area contributed by atoms with Crippen molar-refractivity contribution in [3.63, 3.8) is 0 Å². The second kappa shape index (κ2) is 6.25. The van der Waals surface area contributed by atoms with Crippen molar-refractivity contribution in [3.05, 3.63) is 64.7 Å². The van der Waals surface area contributed by atoms with E-state index in [0.29, 0.717) is 6.42 Å². The fourth-order valence-electron chi connectivity index (χ4n) is 2.32. The van der Waals surface area contributed by atoms with Gasteiger partial charge in [0.15, 0.2) is 0 Å². The molecule has 0 saturated carbocycles. The van der Waals surface area contributed by atoms with Gasteiger partial charge in [0, 0.05) is 0 Å². The van der Waals surface area contributed by atoms with E-state index in [2.05, 4.69) is 26.0 Å². The van der Waals surface area contributed by atoms with Crippen LogP contribution in [-0.4, -0.2) is 7.11 Å². The van der Waals surface area contributed by atoms with Gasteiger partial charge >= 0.3 is 0 Å². The maximum Gasteiger partial charge on any atom is 0.122 e. The molecule has 0 saturated heterocycles. The van der Waals surface area contributed by atoms with Gasteiger partial charge in [-0.2, -0.15) is 5.26 Å². The lowest BCUT2D eigenvalue weighted by molar-refractivity contribution is 0.409. The number of hydrogen-bond donors (Lipinski definition) is 0. The molecular weight excluding hydrogens is 246 g/mol. The van der Waals surface area contributed by atoms with E-state index in [0.717, 1.165) is 16.9 Å². The Bertz CT molecular complexity index is 623. The molecule has 0 N–H and O–H groups in total. The van der Waals surface area contributed by atoms with Gasteiger partial charge < -0.3 is 4.74 Å². The summed E-state index contributed by atoms with van der Waals surface area (Å²) in [6.07, 6.45) is 0.671. The fourth-order valence-corrected chi connectivity index (χ4v) is 2.32. The monoisotopic (exact) mass is 265 g/mol. The molecular formula is C18H19NO. The highest BCUT2D eigenvalue weighted by Gasteiger charge is 2.14. The Kier molecular flexibility index (Phi) is 4.42. The number of methoxy groups -OCH3 is 1. The van der Waals surface area contributed by atoms with Crippen LogP contribution in [0, 0.1) is 25.2 Å². The summed E-state index contributed by atoms with van der Waals surface area (Å²) >= 11 is 0. The molecule has 1 unspecified atom stereocenters. The molecule has 102 valence electrons. The highest BCUT2D eigenvalue weighted by Crippen LogP contribution is 2.27. The summed E-state index contributed by atoms with van der Waals surface area (Å²) in [6, 6.07) is 16.7. The minimum atomic E-state index is -0.147. The molecule has 1 atom stereocenters. The smallest absolute Gasteiger partial charge is 0.122 e. The van der Waals surface area contributed by atoms with E-state index in [1.165, 1.54) is 11.1 Å². The van der Waals surface area contributed by atoms with Crippen LogP contribution in [0.3, 0.4) is 0 Å².